The molecule has 13 aromatic rings. The Balaban J connectivity index is 0.865. The molecule has 1 aliphatic carbocycles. The minimum absolute atomic E-state index is 0.244. The molecule has 0 atom stereocenters. The standard InChI is InChI=1S/C69H48N4O2/c1-3-69(4-2)54-39-43(72-59-29-15-17-31-64(59)74-66-40-44(34-37-61(66)72)70-55-25-11-7-19-47(55)48-20-8-12-26-56(48)70)33-36-46(54)53-42-63(51-23-5-6-24-52(51)68(53)69)73-60-30-16-18-32-65(60)75-67-41-45(35-38-62(67)73)71-57-27-13-9-21-49(57)50-22-10-14-28-58(50)71/h5-42H,3-4H2,1-2H3. The second-order valence-corrected chi connectivity index (χ2v) is 20.2. The van der Waals surface area contributed by atoms with Crippen molar-refractivity contribution in [2.75, 3.05) is 9.80 Å². The Hall–Kier alpha value is -9.52. The van der Waals surface area contributed by atoms with Gasteiger partial charge in [0.1, 0.15) is 0 Å². The first-order valence-electron chi connectivity index (χ1n) is 26.2. The molecule has 0 bridgehead atoms. The number of benzene rings is 11. The smallest absolute Gasteiger partial charge is 0.153 e. The lowest BCUT2D eigenvalue weighted by atomic mass is 9.72. The first-order chi connectivity index (χ1) is 37.1. The summed E-state index contributed by atoms with van der Waals surface area (Å²) >= 11 is 0. The van der Waals surface area contributed by atoms with Gasteiger partial charge in [0.05, 0.1) is 61.9 Å². The van der Waals surface area contributed by atoms with E-state index in [0.29, 0.717) is 0 Å². The third kappa shape index (κ3) is 5.79. The van der Waals surface area contributed by atoms with E-state index in [1.54, 1.807) is 0 Å². The molecule has 0 saturated heterocycles. The van der Waals surface area contributed by atoms with Gasteiger partial charge in [-0.25, -0.2) is 0 Å². The van der Waals surface area contributed by atoms with Crippen LogP contribution in [0, 0.1) is 0 Å². The summed E-state index contributed by atoms with van der Waals surface area (Å²) < 4.78 is 18.5. The lowest BCUT2D eigenvalue weighted by Crippen LogP contribution is -2.24. The maximum absolute atomic E-state index is 6.93. The van der Waals surface area contributed by atoms with Crippen molar-refractivity contribution in [3.05, 3.63) is 242 Å². The largest absolute Gasteiger partial charge is 0.453 e. The molecular formula is C69H48N4O2. The van der Waals surface area contributed by atoms with Crippen LogP contribution >= 0.6 is 0 Å². The molecule has 6 heteroatoms. The Kier molecular flexibility index (Phi) is 8.82. The summed E-state index contributed by atoms with van der Waals surface area (Å²) in [7, 11) is 0. The van der Waals surface area contributed by atoms with Crippen LogP contribution in [-0.2, 0) is 5.41 Å². The fraction of sp³-hybridized carbons (Fsp3) is 0.0725. The predicted molar refractivity (Wildman–Crippen MR) is 309 cm³/mol. The molecule has 0 N–H and O–H groups in total. The molecule has 0 unspecified atom stereocenters. The van der Waals surface area contributed by atoms with Gasteiger partial charge in [0.2, 0.25) is 0 Å². The normalized spacial score (nSPS) is 13.8. The first kappa shape index (κ1) is 42.0. The number of rotatable bonds is 6. The Morgan fingerprint density at radius 3 is 1.25 bits per heavy atom. The van der Waals surface area contributed by atoms with E-state index in [2.05, 4.69) is 263 Å². The number of ether oxygens (including phenoxy) is 2. The molecule has 6 nitrogen and oxygen atoms in total. The van der Waals surface area contributed by atoms with E-state index in [4.69, 9.17) is 9.47 Å². The Morgan fingerprint density at radius 2 is 0.733 bits per heavy atom. The third-order valence-corrected chi connectivity index (χ3v) is 16.7. The number of para-hydroxylation sites is 8. The van der Waals surface area contributed by atoms with E-state index in [9.17, 15) is 0 Å². The number of fused-ring (bicyclic) bond motifs is 15. The Labute approximate surface area is 434 Å². The van der Waals surface area contributed by atoms with Crippen molar-refractivity contribution in [2.24, 2.45) is 0 Å². The highest BCUT2D eigenvalue weighted by atomic mass is 16.5. The first-order valence-corrected chi connectivity index (χ1v) is 26.2. The summed E-state index contributed by atoms with van der Waals surface area (Å²) in [5, 5.41) is 7.42. The maximum atomic E-state index is 6.93. The van der Waals surface area contributed by atoms with Crippen molar-refractivity contribution in [1.82, 2.24) is 9.13 Å². The van der Waals surface area contributed by atoms with E-state index in [0.717, 1.165) is 81.3 Å². The Bertz CT molecular complexity index is 4450. The summed E-state index contributed by atoms with van der Waals surface area (Å²) in [6.45, 7) is 4.74. The van der Waals surface area contributed by atoms with Gasteiger partial charge >= 0.3 is 0 Å². The van der Waals surface area contributed by atoms with E-state index in [1.165, 1.54) is 76.6 Å². The van der Waals surface area contributed by atoms with Crippen LogP contribution in [0.15, 0.2) is 231 Å². The monoisotopic (exact) mass is 964 g/mol. The van der Waals surface area contributed by atoms with Gasteiger partial charge in [-0.3, -0.25) is 0 Å². The van der Waals surface area contributed by atoms with Gasteiger partial charge in [0, 0.05) is 50.2 Å². The van der Waals surface area contributed by atoms with Crippen LogP contribution in [0.2, 0.25) is 0 Å². The van der Waals surface area contributed by atoms with Crippen LogP contribution in [0.5, 0.6) is 23.0 Å². The molecule has 0 saturated carbocycles. The van der Waals surface area contributed by atoms with Gasteiger partial charge in [-0.15, -0.1) is 0 Å². The zero-order chi connectivity index (χ0) is 49.5. The fourth-order valence-electron chi connectivity index (χ4n) is 13.4. The topological polar surface area (TPSA) is 34.8 Å². The second kappa shape index (κ2) is 15.7. The highest BCUT2D eigenvalue weighted by Crippen LogP contribution is 2.61. The van der Waals surface area contributed by atoms with Crippen LogP contribution in [0.1, 0.15) is 37.8 Å². The molecule has 3 aliphatic rings. The predicted octanol–water partition coefficient (Wildman–Crippen LogP) is 19.3. The quantitative estimate of drug-likeness (QED) is 0.166. The van der Waals surface area contributed by atoms with Gasteiger partial charge in [-0.2, -0.15) is 0 Å². The molecule has 2 aromatic heterocycles. The van der Waals surface area contributed by atoms with E-state index < -0.39 is 0 Å². The van der Waals surface area contributed by atoms with E-state index >= 15 is 0 Å². The SMILES string of the molecule is CCC1(CC)c2cc(N3c4ccccc4Oc4cc(-n5c6ccccc6c6ccccc65)ccc43)ccc2-c2cc(N3c4ccccc4Oc4cc(-n5c6ccccc6c6ccccc65)ccc43)c3ccccc3c21. The van der Waals surface area contributed by atoms with Crippen LogP contribution in [-0.4, -0.2) is 9.13 Å². The lowest BCUT2D eigenvalue weighted by Gasteiger charge is -2.36. The maximum Gasteiger partial charge on any atom is 0.153 e. The molecule has 2 aliphatic heterocycles. The van der Waals surface area contributed by atoms with Crippen LogP contribution in [0.25, 0.3) is 76.9 Å². The minimum Gasteiger partial charge on any atom is -0.453 e. The van der Waals surface area contributed by atoms with Gasteiger partial charge in [-0.05, 0) is 131 Å². The van der Waals surface area contributed by atoms with Gasteiger partial charge < -0.3 is 28.4 Å². The summed E-state index contributed by atoms with van der Waals surface area (Å²) in [5.74, 6) is 3.28. The molecule has 0 amide bonds. The van der Waals surface area contributed by atoms with Crippen LogP contribution in [0.3, 0.4) is 0 Å². The van der Waals surface area contributed by atoms with Gasteiger partial charge in [0.25, 0.3) is 0 Å². The molecule has 75 heavy (non-hydrogen) atoms. The van der Waals surface area contributed by atoms with Crippen LogP contribution < -0.4 is 19.3 Å². The average Bonchev–Trinajstić information content (AvgIpc) is 4.20. The third-order valence-electron chi connectivity index (χ3n) is 16.7. The van der Waals surface area contributed by atoms with E-state index in [1.807, 2.05) is 0 Å². The zero-order valence-electron chi connectivity index (χ0n) is 41.5. The van der Waals surface area contributed by atoms with Crippen molar-refractivity contribution in [2.45, 2.75) is 32.1 Å². The summed E-state index contributed by atoms with van der Waals surface area (Å²) in [4.78, 5) is 4.84. The summed E-state index contributed by atoms with van der Waals surface area (Å²) in [6.07, 6.45) is 1.90. The number of nitrogens with zero attached hydrogens (tertiary/aromatic N) is 4. The molecule has 11 aromatic carbocycles. The van der Waals surface area contributed by atoms with Gasteiger partial charge in [-0.1, -0.05) is 141 Å². The minimum atomic E-state index is -0.244. The number of hydrogen-bond acceptors (Lipinski definition) is 4. The molecule has 0 radical (unpaired) electrons. The van der Waals surface area contributed by atoms with Crippen molar-refractivity contribution < 1.29 is 9.47 Å². The number of anilines is 6. The molecule has 0 fully saturated rings. The molecular weight excluding hydrogens is 917 g/mol. The highest BCUT2D eigenvalue weighted by Gasteiger charge is 2.44. The lowest BCUT2D eigenvalue weighted by molar-refractivity contribution is 0.476. The molecule has 356 valence electrons. The molecule has 16 rings (SSSR count). The van der Waals surface area contributed by atoms with Crippen molar-refractivity contribution in [3.8, 4) is 45.5 Å². The summed E-state index contributed by atoms with van der Waals surface area (Å²) in [5.41, 5.74) is 18.1. The van der Waals surface area contributed by atoms with Gasteiger partial charge in [0.15, 0.2) is 23.0 Å². The fourth-order valence-corrected chi connectivity index (χ4v) is 13.4. The Morgan fingerprint density at radius 1 is 0.320 bits per heavy atom. The number of aromatic nitrogens is 2. The van der Waals surface area contributed by atoms with E-state index in [-0.39, 0.29) is 5.41 Å². The molecule has 0 spiro atoms. The van der Waals surface area contributed by atoms with Crippen molar-refractivity contribution in [1.29, 1.82) is 0 Å². The second-order valence-electron chi connectivity index (χ2n) is 20.2. The average molecular weight is 965 g/mol. The van der Waals surface area contributed by atoms with Crippen LogP contribution in [0.4, 0.5) is 34.1 Å². The molecule has 4 heterocycles. The van der Waals surface area contributed by atoms with Crippen molar-refractivity contribution in [3.63, 3.8) is 0 Å². The highest BCUT2D eigenvalue weighted by molar-refractivity contribution is 6.12. The van der Waals surface area contributed by atoms with Crippen molar-refractivity contribution >= 4 is 88.5 Å². The summed E-state index contributed by atoms with van der Waals surface area (Å²) in [6, 6.07) is 83.8. The zero-order valence-corrected chi connectivity index (χ0v) is 41.5. The number of hydrogen-bond donors (Lipinski definition) is 0.